The van der Waals surface area contributed by atoms with Crippen molar-refractivity contribution in [3.8, 4) is 5.75 Å². The van der Waals surface area contributed by atoms with Crippen LogP contribution in [0.4, 0.5) is 11.9 Å². The molecule has 2 heterocycles. The van der Waals surface area contributed by atoms with E-state index in [1.165, 1.54) is 0 Å². The van der Waals surface area contributed by atoms with Crippen molar-refractivity contribution in [2.24, 2.45) is 0 Å². The van der Waals surface area contributed by atoms with Gasteiger partial charge in [0, 0.05) is 11.4 Å². The zero-order valence-corrected chi connectivity index (χ0v) is 20.1. The number of carbonyl (C=O) groups excluding carboxylic acids is 1. The molecule has 0 fully saturated rings. The maximum Gasteiger partial charge on any atom is 0.250 e. The number of carbonyl (C=O) groups is 1. The average Bonchev–Trinajstić information content (AvgIpc) is 3.30. The van der Waals surface area contributed by atoms with Crippen LogP contribution in [-0.2, 0) is 11.2 Å². The normalized spacial score (nSPS) is 16.7. The van der Waals surface area contributed by atoms with Crippen LogP contribution in [0.1, 0.15) is 41.6 Å². The Morgan fingerprint density at radius 2 is 1.77 bits per heavy atom. The summed E-state index contributed by atoms with van der Waals surface area (Å²) < 4.78 is 7.15. The first-order valence-electron chi connectivity index (χ1n) is 11.6. The van der Waals surface area contributed by atoms with E-state index in [1.807, 2.05) is 83.5 Å². The van der Waals surface area contributed by atoms with Crippen LogP contribution in [0.15, 0.2) is 78.9 Å². The number of methoxy groups -OCH3 is 1. The van der Waals surface area contributed by atoms with E-state index >= 15 is 0 Å². The number of hydrogen-bond acceptors (Lipinski definition) is 5. The fourth-order valence-electron chi connectivity index (χ4n) is 4.34. The molecule has 0 saturated carbocycles. The molecule has 0 aliphatic carbocycles. The van der Waals surface area contributed by atoms with Gasteiger partial charge in [-0.1, -0.05) is 66.2 Å². The lowest BCUT2D eigenvalue weighted by Crippen LogP contribution is -2.28. The van der Waals surface area contributed by atoms with Gasteiger partial charge < -0.3 is 10.1 Å². The first kappa shape index (κ1) is 22.9. The molecule has 8 heteroatoms. The quantitative estimate of drug-likeness (QED) is 0.351. The first-order chi connectivity index (χ1) is 17.1. The summed E-state index contributed by atoms with van der Waals surface area (Å²) in [5, 5.41) is 11.7. The highest BCUT2D eigenvalue weighted by Gasteiger charge is 2.31. The minimum atomic E-state index is -0.119. The van der Waals surface area contributed by atoms with Crippen molar-refractivity contribution < 1.29 is 9.53 Å². The third-order valence-electron chi connectivity index (χ3n) is 6.20. The minimum absolute atomic E-state index is 0.0138. The third-order valence-corrected chi connectivity index (χ3v) is 6.45. The summed E-state index contributed by atoms with van der Waals surface area (Å²) in [5.41, 5.74) is 3.31. The number of anilines is 2. The number of benzene rings is 3. The average molecular weight is 488 g/mol. The van der Waals surface area contributed by atoms with Gasteiger partial charge in [-0.2, -0.15) is 4.98 Å². The first-order valence-corrected chi connectivity index (χ1v) is 11.9. The second-order valence-electron chi connectivity index (χ2n) is 8.51. The van der Waals surface area contributed by atoms with Crippen LogP contribution in [0, 0.1) is 0 Å². The minimum Gasteiger partial charge on any atom is -0.497 e. The van der Waals surface area contributed by atoms with E-state index in [9.17, 15) is 4.79 Å². The van der Waals surface area contributed by atoms with Crippen molar-refractivity contribution in [3.05, 3.63) is 101 Å². The molecular formula is C27H26ClN5O2. The van der Waals surface area contributed by atoms with Crippen LogP contribution < -0.4 is 15.4 Å². The largest absolute Gasteiger partial charge is 0.497 e. The predicted octanol–water partition coefficient (Wildman–Crippen LogP) is 5.66. The van der Waals surface area contributed by atoms with Crippen molar-refractivity contribution in [3.63, 3.8) is 0 Å². The van der Waals surface area contributed by atoms with E-state index in [-0.39, 0.29) is 18.0 Å². The van der Waals surface area contributed by atoms with Gasteiger partial charge >= 0.3 is 0 Å². The van der Waals surface area contributed by atoms with E-state index in [1.54, 1.807) is 7.11 Å². The molecule has 0 saturated heterocycles. The summed E-state index contributed by atoms with van der Waals surface area (Å²) in [5.74, 6) is 1.59. The molecule has 0 unspecified atom stereocenters. The highest BCUT2D eigenvalue weighted by atomic mass is 35.5. The Labute approximate surface area is 209 Å². The lowest BCUT2D eigenvalue weighted by molar-refractivity contribution is -0.116. The number of nitrogens with one attached hydrogen (secondary N) is 2. The van der Waals surface area contributed by atoms with Crippen molar-refractivity contribution in [1.82, 2.24) is 14.8 Å². The Kier molecular flexibility index (Phi) is 6.68. The molecule has 2 N–H and O–H groups in total. The molecule has 3 aromatic carbocycles. The van der Waals surface area contributed by atoms with Gasteiger partial charge in [0.1, 0.15) is 5.75 Å². The number of halogens is 1. The molecule has 5 rings (SSSR count). The van der Waals surface area contributed by atoms with Crippen molar-refractivity contribution in [2.45, 2.75) is 31.3 Å². The summed E-state index contributed by atoms with van der Waals surface area (Å²) in [6, 6.07) is 25.7. The maximum absolute atomic E-state index is 12.6. The molecule has 178 valence electrons. The Balaban J connectivity index is 1.38. The van der Waals surface area contributed by atoms with Gasteiger partial charge in [-0.3, -0.25) is 10.1 Å². The molecule has 1 aromatic heterocycles. The van der Waals surface area contributed by atoms with Crippen LogP contribution in [0.25, 0.3) is 0 Å². The summed E-state index contributed by atoms with van der Waals surface area (Å²) in [7, 11) is 1.66. The number of aromatic nitrogens is 3. The van der Waals surface area contributed by atoms with Crippen LogP contribution in [0.5, 0.6) is 5.75 Å². The molecule has 1 aliphatic rings. The zero-order valence-electron chi connectivity index (χ0n) is 19.3. The zero-order chi connectivity index (χ0) is 24.2. The van der Waals surface area contributed by atoms with Gasteiger partial charge in [-0.25, -0.2) is 4.68 Å². The highest BCUT2D eigenvalue weighted by Crippen LogP contribution is 2.38. The SMILES string of the molecule is COc1ccc([C@H]2C[C@H](c3ccc(Cl)cc3)n3nc(NC(=O)CCc4ccccc4)nc3N2)cc1. The smallest absolute Gasteiger partial charge is 0.250 e. The number of aryl methyl sites for hydroxylation is 1. The van der Waals surface area contributed by atoms with Crippen LogP contribution in [0.3, 0.4) is 0 Å². The number of rotatable bonds is 7. The van der Waals surface area contributed by atoms with Gasteiger partial charge in [0.05, 0.1) is 19.2 Å². The van der Waals surface area contributed by atoms with Crippen molar-refractivity contribution >= 4 is 29.4 Å². The van der Waals surface area contributed by atoms with Gasteiger partial charge in [0.15, 0.2) is 0 Å². The molecule has 7 nitrogen and oxygen atoms in total. The summed E-state index contributed by atoms with van der Waals surface area (Å²) in [4.78, 5) is 17.2. The molecular weight excluding hydrogens is 462 g/mol. The van der Waals surface area contributed by atoms with Gasteiger partial charge in [0.2, 0.25) is 11.9 Å². The van der Waals surface area contributed by atoms with Crippen LogP contribution in [-0.4, -0.2) is 27.8 Å². The van der Waals surface area contributed by atoms with E-state index < -0.39 is 0 Å². The Morgan fingerprint density at radius 1 is 1.06 bits per heavy atom. The number of fused-ring (bicyclic) bond motifs is 1. The van der Waals surface area contributed by atoms with Crippen LogP contribution in [0.2, 0.25) is 5.02 Å². The van der Waals surface area contributed by atoms with Crippen molar-refractivity contribution in [1.29, 1.82) is 0 Å². The van der Waals surface area contributed by atoms with E-state index in [0.717, 1.165) is 28.9 Å². The molecule has 4 aromatic rings. The summed E-state index contributed by atoms with van der Waals surface area (Å²) in [6.45, 7) is 0. The van der Waals surface area contributed by atoms with E-state index in [0.29, 0.717) is 29.8 Å². The van der Waals surface area contributed by atoms with E-state index in [2.05, 4.69) is 20.7 Å². The topological polar surface area (TPSA) is 81.1 Å². The number of ether oxygens (including phenoxy) is 1. The van der Waals surface area contributed by atoms with Gasteiger partial charge in [-0.05, 0) is 53.8 Å². The molecule has 0 bridgehead atoms. The molecule has 0 spiro atoms. The molecule has 35 heavy (non-hydrogen) atoms. The predicted molar refractivity (Wildman–Crippen MR) is 137 cm³/mol. The maximum atomic E-state index is 12.6. The Morgan fingerprint density at radius 3 is 2.49 bits per heavy atom. The molecule has 1 aliphatic heterocycles. The summed E-state index contributed by atoms with van der Waals surface area (Å²) >= 11 is 6.13. The third kappa shape index (κ3) is 5.30. The number of nitrogens with zero attached hydrogens (tertiary/aromatic N) is 3. The van der Waals surface area contributed by atoms with Crippen molar-refractivity contribution in [2.75, 3.05) is 17.7 Å². The second-order valence-corrected chi connectivity index (χ2v) is 8.95. The monoisotopic (exact) mass is 487 g/mol. The fourth-order valence-corrected chi connectivity index (χ4v) is 4.46. The van der Waals surface area contributed by atoms with Gasteiger partial charge in [0.25, 0.3) is 5.95 Å². The lowest BCUT2D eigenvalue weighted by Gasteiger charge is -2.31. The van der Waals surface area contributed by atoms with Gasteiger partial charge in [-0.15, -0.1) is 5.10 Å². The number of hydrogen-bond donors (Lipinski definition) is 2. The highest BCUT2D eigenvalue weighted by molar-refractivity contribution is 6.30. The number of amides is 1. The Hall–Kier alpha value is -3.84. The van der Waals surface area contributed by atoms with E-state index in [4.69, 9.17) is 16.3 Å². The fraction of sp³-hybridized carbons (Fsp3) is 0.222. The summed E-state index contributed by atoms with van der Waals surface area (Å²) in [6.07, 6.45) is 1.77. The molecule has 0 radical (unpaired) electrons. The molecule has 1 amide bonds. The second kappa shape index (κ2) is 10.2. The standard InChI is InChI=1S/C27H26ClN5O2/c1-35-22-14-10-19(11-15-22)23-17-24(20-8-12-21(28)13-9-20)33-27(29-23)31-26(32-33)30-25(34)16-7-18-5-3-2-4-6-18/h2-6,8-15,23-24H,7,16-17H2,1H3,(H2,29,30,31,32,34)/t23-,24-/m1/s1. The Bertz CT molecular complexity index is 1290. The van der Waals surface area contributed by atoms with Crippen LogP contribution >= 0.6 is 11.6 Å². The molecule has 2 atom stereocenters. The lowest BCUT2D eigenvalue weighted by atomic mass is 9.93.